The molecule has 92 valence electrons. The summed E-state index contributed by atoms with van der Waals surface area (Å²) in [6.07, 6.45) is 2.10. The molecule has 0 amide bonds. The third-order valence-electron chi connectivity index (χ3n) is 2.30. The van der Waals surface area contributed by atoms with Crippen molar-refractivity contribution < 1.29 is 14.7 Å². The number of carbonyl (C=O) groups is 1. The maximum atomic E-state index is 10.6. The van der Waals surface area contributed by atoms with Gasteiger partial charge in [-0.2, -0.15) is 0 Å². The highest BCUT2D eigenvalue weighted by atomic mass is 16.6. The predicted molar refractivity (Wildman–Crippen MR) is 66.1 cm³/mol. The normalized spacial score (nSPS) is 11.2. The van der Waals surface area contributed by atoms with Crippen LogP contribution in [0.4, 0.5) is 0 Å². The molecule has 0 saturated heterocycles. The number of oxime groups is 1. The first-order valence-electron chi connectivity index (χ1n) is 5.70. The van der Waals surface area contributed by atoms with E-state index < -0.39 is 5.97 Å². The zero-order valence-corrected chi connectivity index (χ0v) is 9.93. The SMILES string of the molecule is CC/C(=N\OCCCc1ccccc1)C(=O)O. The number of aliphatic carboxylic acids is 1. The van der Waals surface area contributed by atoms with Crippen LogP contribution in [0.3, 0.4) is 0 Å². The molecule has 0 atom stereocenters. The van der Waals surface area contributed by atoms with Crippen LogP contribution in [0.2, 0.25) is 0 Å². The van der Waals surface area contributed by atoms with Crippen LogP contribution >= 0.6 is 0 Å². The maximum absolute atomic E-state index is 10.6. The van der Waals surface area contributed by atoms with Crippen molar-refractivity contribution in [2.45, 2.75) is 26.2 Å². The van der Waals surface area contributed by atoms with E-state index in [1.165, 1.54) is 5.56 Å². The van der Waals surface area contributed by atoms with E-state index in [0.29, 0.717) is 13.0 Å². The van der Waals surface area contributed by atoms with Gasteiger partial charge in [0.2, 0.25) is 0 Å². The maximum Gasteiger partial charge on any atom is 0.353 e. The Morgan fingerprint density at radius 1 is 1.35 bits per heavy atom. The van der Waals surface area contributed by atoms with E-state index in [4.69, 9.17) is 9.94 Å². The van der Waals surface area contributed by atoms with Gasteiger partial charge in [0.1, 0.15) is 6.61 Å². The van der Waals surface area contributed by atoms with E-state index in [9.17, 15) is 4.79 Å². The third-order valence-corrected chi connectivity index (χ3v) is 2.30. The molecule has 0 unspecified atom stereocenters. The molecule has 1 rings (SSSR count). The van der Waals surface area contributed by atoms with Crippen LogP contribution in [0.1, 0.15) is 25.3 Å². The van der Waals surface area contributed by atoms with Crippen molar-refractivity contribution in [2.24, 2.45) is 5.16 Å². The highest BCUT2D eigenvalue weighted by molar-refractivity contribution is 6.35. The highest BCUT2D eigenvalue weighted by Crippen LogP contribution is 2.02. The smallest absolute Gasteiger partial charge is 0.353 e. The average molecular weight is 235 g/mol. The zero-order chi connectivity index (χ0) is 12.5. The lowest BCUT2D eigenvalue weighted by molar-refractivity contribution is -0.129. The summed E-state index contributed by atoms with van der Waals surface area (Å²) in [5.41, 5.74) is 1.30. The van der Waals surface area contributed by atoms with Crippen molar-refractivity contribution in [2.75, 3.05) is 6.61 Å². The molecule has 0 aliphatic carbocycles. The van der Waals surface area contributed by atoms with Crippen molar-refractivity contribution in [3.8, 4) is 0 Å². The van der Waals surface area contributed by atoms with Crippen molar-refractivity contribution in [1.82, 2.24) is 0 Å². The van der Waals surface area contributed by atoms with Gasteiger partial charge in [0.15, 0.2) is 5.71 Å². The van der Waals surface area contributed by atoms with Crippen molar-refractivity contribution in [3.05, 3.63) is 35.9 Å². The lowest BCUT2D eigenvalue weighted by atomic mass is 10.1. The van der Waals surface area contributed by atoms with E-state index in [2.05, 4.69) is 17.3 Å². The van der Waals surface area contributed by atoms with Crippen LogP contribution < -0.4 is 0 Å². The fourth-order valence-electron chi connectivity index (χ4n) is 1.36. The molecule has 0 aliphatic rings. The lowest BCUT2D eigenvalue weighted by Crippen LogP contribution is -2.12. The summed E-state index contributed by atoms with van der Waals surface area (Å²) in [7, 11) is 0. The van der Waals surface area contributed by atoms with Gasteiger partial charge in [-0.25, -0.2) is 4.79 Å². The van der Waals surface area contributed by atoms with E-state index >= 15 is 0 Å². The average Bonchev–Trinajstić information content (AvgIpc) is 2.34. The van der Waals surface area contributed by atoms with Crippen molar-refractivity contribution in [1.29, 1.82) is 0 Å². The molecule has 4 nitrogen and oxygen atoms in total. The summed E-state index contributed by atoms with van der Waals surface area (Å²) in [4.78, 5) is 15.6. The largest absolute Gasteiger partial charge is 0.477 e. The number of carboxylic acids is 1. The summed E-state index contributed by atoms with van der Waals surface area (Å²) in [6, 6.07) is 10.1. The number of rotatable bonds is 7. The molecule has 0 spiro atoms. The molecule has 0 aliphatic heterocycles. The standard InChI is InChI=1S/C13H17NO3/c1-2-12(13(15)16)14-17-10-6-9-11-7-4-3-5-8-11/h3-5,7-8H,2,6,9-10H2,1H3,(H,15,16)/b14-12+. The van der Waals surface area contributed by atoms with Gasteiger partial charge in [-0.3, -0.25) is 0 Å². The van der Waals surface area contributed by atoms with Gasteiger partial charge in [-0.05, 0) is 24.8 Å². The van der Waals surface area contributed by atoms with E-state index in [1.807, 2.05) is 18.2 Å². The number of benzene rings is 1. The molecule has 0 radical (unpaired) electrons. The topological polar surface area (TPSA) is 58.9 Å². The fraction of sp³-hybridized carbons (Fsp3) is 0.385. The van der Waals surface area contributed by atoms with E-state index in [-0.39, 0.29) is 5.71 Å². The van der Waals surface area contributed by atoms with Crippen LogP contribution in [0.5, 0.6) is 0 Å². The van der Waals surface area contributed by atoms with E-state index in [1.54, 1.807) is 6.92 Å². The monoisotopic (exact) mass is 235 g/mol. The van der Waals surface area contributed by atoms with Gasteiger partial charge in [0, 0.05) is 0 Å². The first-order valence-corrected chi connectivity index (χ1v) is 5.70. The second kappa shape index (κ2) is 7.44. The van der Waals surface area contributed by atoms with Gasteiger partial charge in [-0.15, -0.1) is 0 Å². The summed E-state index contributed by atoms with van der Waals surface area (Å²) < 4.78 is 0. The molecular weight excluding hydrogens is 218 g/mol. The first kappa shape index (κ1) is 13.2. The summed E-state index contributed by atoms with van der Waals surface area (Å²) >= 11 is 0. The molecule has 4 heteroatoms. The zero-order valence-electron chi connectivity index (χ0n) is 9.93. The Morgan fingerprint density at radius 2 is 2.06 bits per heavy atom. The summed E-state index contributed by atoms with van der Waals surface area (Å²) in [6.45, 7) is 2.17. The van der Waals surface area contributed by atoms with Crippen LogP contribution in [0.25, 0.3) is 0 Å². The van der Waals surface area contributed by atoms with Crippen LogP contribution in [0, 0.1) is 0 Å². The molecule has 0 heterocycles. The molecule has 0 saturated carbocycles. The second-order valence-corrected chi connectivity index (χ2v) is 3.62. The molecule has 0 fully saturated rings. The van der Waals surface area contributed by atoms with E-state index in [0.717, 1.165) is 12.8 Å². The molecule has 0 bridgehead atoms. The highest BCUT2D eigenvalue weighted by Gasteiger charge is 2.06. The second-order valence-electron chi connectivity index (χ2n) is 3.62. The number of carboxylic acid groups (broad SMARTS) is 1. The Morgan fingerprint density at radius 3 is 2.65 bits per heavy atom. The Balaban J connectivity index is 2.23. The van der Waals surface area contributed by atoms with Crippen LogP contribution in [-0.2, 0) is 16.1 Å². The Labute approximate surface area is 101 Å². The molecule has 17 heavy (non-hydrogen) atoms. The van der Waals surface area contributed by atoms with Crippen molar-refractivity contribution in [3.63, 3.8) is 0 Å². The minimum Gasteiger partial charge on any atom is -0.477 e. The lowest BCUT2D eigenvalue weighted by Gasteiger charge is -2.01. The number of nitrogens with zero attached hydrogens (tertiary/aromatic N) is 1. The fourth-order valence-corrected chi connectivity index (χ4v) is 1.36. The van der Waals surface area contributed by atoms with Gasteiger partial charge in [0.25, 0.3) is 0 Å². The minimum atomic E-state index is -1.02. The first-order chi connectivity index (χ1) is 8.24. The Hall–Kier alpha value is -1.84. The van der Waals surface area contributed by atoms with Gasteiger partial charge in [-0.1, -0.05) is 42.4 Å². The van der Waals surface area contributed by atoms with Crippen LogP contribution in [0.15, 0.2) is 35.5 Å². The minimum absolute atomic E-state index is 0.0599. The number of hydrogen-bond acceptors (Lipinski definition) is 3. The summed E-state index contributed by atoms with van der Waals surface area (Å²) in [5, 5.41) is 12.3. The van der Waals surface area contributed by atoms with Gasteiger partial charge < -0.3 is 9.94 Å². The molecule has 1 N–H and O–H groups in total. The van der Waals surface area contributed by atoms with Gasteiger partial charge in [0.05, 0.1) is 0 Å². The molecular formula is C13H17NO3. The Bertz CT molecular complexity index is 374. The summed E-state index contributed by atoms with van der Waals surface area (Å²) in [5.74, 6) is -1.02. The molecule has 0 aromatic heterocycles. The Kier molecular flexibility index (Phi) is 5.79. The quantitative estimate of drug-likeness (QED) is 0.448. The van der Waals surface area contributed by atoms with Crippen molar-refractivity contribution >= 4 is 11.7 Å². The third kappa shape index (κ3) is 5.15. The number of aryl methyl sites for hydroxylation is 1. The number of hydrogen-bond donors (Lipinski definition) is 1. The molecule has 1 aromatic rings. The molecule has 1 aromatic carbocycles. The van der Waals surface area contributed by atoms with Gasteiger partial charge >= 0.3 is 5.97 Å². The predicted octanol–water partition coefficient (Wildman–Crippen LogP) is 2.49. The van der Waals surface area contributed by atoms with Crippen LogP contribution in [-0.4, -0.2) is 23.4 Å².